The minimum Gasteiger partial charge on any atom is -0.365 e. The molecule has 0 fully saturated rings. The number of benzene rings is 1. The van der Waals surface area contributed by atoms with E-state index in [2.05, 4.69) is 42.2 Å². The van der Waals surface area contributed by atoms with Crippen LogP contribution in [0.4, 0.5) is 0 Å². The molecule has 1 aromatic carbocycles. The first-order valence-corrected chi connectivity index (χ1v) is 4.07. The zero-order valence-electron chi connectivity index (χ0n) is 7.04. The molecule has 1 heterocycles. The fourth-order valence-electron chi connectivity index (χ4n) is 1.31. The molecule has 0 aliphatic heterocycles. The van der Waals surface area contributed by atoms with Gasteiger partial charge in [0, 0.05) is 11.9 Å². The number of aryl methyl sites for hydroxylation is 1. The Kier molecular flexibility index (Phi) is 1.71. The molecule has 0 aliphatic carbocycles. The van der Waals surface area contributed by atoms with Gasteiger partial charge in [-0.1, -0.05) is 30.3 Å². The summed E-state index contributed by atoms with van der Waals surface area (Å²) < 4.78 is 0. The molecule has 1 N–H and O–H groups in total. The van der Waals surface area contributed by atoms with Gasteiger partial charge in [0.25, 0.3) is 0 Å². The van der Waals surface area contributed by atoms with Gasteiger partial charge < -0.3 is 4.98 Å². The molecule has 2 aromatic rings. The van der Waals surface area contributed by atoms with Crippen LogP contribution in [-0.4, -0.2) is 4.98 Å². The summed E-state index contributed by atoms with van der Waals surface area (Å²) in [6.07, 6.45) is 2.03. The van der Waals surface area contributed by atoms with Gasteiger partial charge in [-0.05, 0) is 24.1 Å². The molecule has 0 atom stereocenters. The van der Waals surface area contributed by atoms with Crippen molar-refractivity contribution in [3.05, 3.63) is 48.3 Å². The summed E-state index contributed by atoms with van der Waals surface area (Å²) in [5.74, 6) is 0. The molecule has 60 valence electrons. The van der Waals surface area contributed by atoms with Gasteiger partial charge >= 0.3 is 0 Å². The minimum atomic E-state index is 1.20. The van der Waals surface area contributed by atoms with Crippen molar-refractivity contribution in [2.24, 2.45) is 0 Å². The third-order valence-electron chi connectivity index (χ3n) is 1.93. The van der Waals surface area contributed by atoms with Crippen molar-refractivity contribution >= 4 is 0 Å². The summed E-state index contributed by atoms with van der Waals surface area (Å²) in [6.45, 7) is 2.06. The Morgan fingerprint density at radius 1 is 1.00 bits per heavy atom. The van der Waals surface area contributed by atoms with Gasteiger partial charge in [-0.15, -0.1) is 0 Å². The summed E-state index contributed by atoms with van der Waals surface area (Å²) in [7, 11) is 0. The fourth-order valence-corrected chi connectivity index (χ4v) is 1.31. The second kappa shape index (κ2) is 2.86. The van der Waals surface area contributed by atoms with Crippen LogP contribution in [0.5, 0.6) is 0 Å². The maximum absolute atomic E-state index is 3.17. The Morgan fingerprint density at radius 3 is 2.33 bits per heavy atom. The smallest absolute Gasteiger partial charge is 0.0121 e. The summed E-state index contributed by atoms with van der Waals surface area (Å²) >= 11 is 0. The second-order valence-electron chi connectivity index (χ2n) is 2.94. The lowest BCUT2D eigenvalue weighted by Crippen LogP contribution is -1.69. The van der Waals surface area contributed by atoms with Crippen LogP contribution in [0.1, 0.15) is 5.69 Å². The van der Waals surface area contributed by atoms with Crippen LogP contribution >= 0.6 is 0 Å². The standard InChI is InChI=1S/C11H11N/c1-9-7-11(8-12-9)10-5-3-2-4-6-10/h2-8,12H,1H3. The van der Waals surface area contributed by atoms with Crippen LogP contribution in [-0.2, 0) is 0 Å². The second-order valence-corrected chi connectivity index (χ2v) is 2.94. The first-order valence-electron chi connectivity index (χ1n) is 4.07. The van der Waals surface area contributed by atoms with Gasteiger partial charge in [-0.3, -0.25) is 0 Å². The zero-order valence-corrected chi connectivity index (χ0v) is 7.04. The minimum absolute atomic E-state index is 1.20. The van der Waals surface area contributed by atoms with E-state index in [-0.39, 0.29) is 0 Å². The van der Waals surface area contributed by atoms with E-state index < -0.39 is 0 Å². The third kappa shape index (κ3) is 1.26. The summed E-state index contributed by atoms with van der Waals surface area (Å²) in [4.78, 5) is 3.17. The van der Waals surface area contributed by atoms with E-state index in [1.165, 1.54) is 16.8 Å². The maximum Gasteiger partial charge on any atom is 0.0121 e. The number of nitrogens with one attached hydrogen (secondary N) is 1. The average molecular weight is 157 g/mol. The average Bonchev–Trinajstić information content (AvgIpc) is 2.54. The van der Waals surface area contributed by atoms with Crippen LogP contribution in [0.2, 0.25) is 0 Å². The van der Waals surface area contributed by atoms with Crippen molar-refractivity contribution in [3.63, 3.8) is 0 Å². The van der Waals surface area contributed by atoms with Crippen molar-refractivity contribution in [3.8, 4) is 11.1 Å². The number of aromatic nitrogens is 1. The molecule has 0 bridgehead atoms. The number of hydrogen-bond donors (Lipinski definition) is 1. The molecule has 12 heavy (non-hydrogen) atoms. The van der Waals surface area contributed by atoms with E-state index >= 15 is 0 Å². The highest BCUT2D eigenvalue weighted by atomic mass is 14.7. The van der Waals surface area contributed by atoms with E-state index in [1.54, 1.807) is 0 Å². The third-order valence-corrected chi connectivity index (χ3v) is 1.93. The van der Waals surface area contributed by atoms with Crippen molar-refractivity contribution in [1.29, 1.82) is 0 Å². The number of H-pyrrole nitrogens is 1. The van der Waals surface area contributed by atoms with Crippen molar-refractivity contribution in [1.82, 2.24) is 4.98 Å². The monoisotopic (exact) mass is 157 g/mol. The lowest BCUT2D eigenvalue weighted by Gasteiger charge is -1.93. The zero-order chi connectivity index (χ0) is 8.39. The maximum atomic E-state index is 3.17. The molecule has 0 unspecified atom stereocenters. The molecule has 1 aromatic heterocycles. The highest BCUT2D eigenvalue weighted by molar-refractivity contribution is 5.63. The predicted octanol–water partition coefficient (Wildman–Crippen LogP) is 2.99. The topological polar surface area (TPSA) is 15.8 Å². The van der Waals surface area contributed by atoms with Gasteiger partial charge in [-0.2, -0.15) is 0 Å². The number of rotatable bonds is 1. The van der Waals surface area contributed by atoms with Crippen LogP contribution in [0.3, 0.4) is 0 Å². The Balaban J connectivity index is 2.45. The fraction of sp³-hybridized carbons (Fsp3) is 0.0909. The van der Waals surface area contributed by atoms with Crippen LogP contribution in [0.15, 0.2) is 42.6 Å². The van der Waals surface area contributed by atoms with Crippen molar-refractivity contribution in [2.75, 3.05) is 0 Å². The highest BCUT2D eigenvalue weighted by Crippen LogP contribution is 2.18. The van der Waals surface area contributed by atoms with Gasteiger partial charge in [0.05, 0.1) is 0 Å². The molecule has 2 rings (SSSR count). The van der Waals surface area contributed by atoms with Crippen molar-refractivity contribution in [2.45, 2.75) is 6.92 Å². The molecular formula is C11H11N. The largest absolute Gasteiger partial charge is 0.365 e. The Morgan fingerprint density at radius 2 is 1.75 bits per heavy atom. The molecule has 0 amide bonds. The molecule has 1 heteroatoms. The van der Waals surface area contributed by atoms with Gasteiger partial charge in [0.2, 0.25) is 0 Å². The van der Waals surface area contributed by atoms with E-state index in [1.807, 2.05) is 12.3 Å². The van der Waals surface area contributed by atoms with E-state index in [0.29, 0.717) is 0 Å². The van der Waals surface area contributed by atoms with E-state index in [4.69, 9.17) is 0 Å². The molecule has 0 aliphatic rings. The molecular weight excluding hydrogens is 146 g/mol. The summed E-state index contributed by atoms with van der Waals surface area (Å²) in [5, 5.41) is 0. The Hall–Kier alpha value is -1.50. The summed E-state index contributed by atoms with van der Waals surface area (Å²) in [5.41, 5.74) is 3.73. The lowest BCUT2D eigenvalue weighted by atomic mass is 10.1. The van der Waals surface area contributed by atoms with Gasteiger partial charge in [-0.25, -0.2) is 0 Å². The van der Waals surface area contributed by atoms with Gasteiger partial charge in [0.15, 0.2) is 0 Å². The first-order chi connectivity index (χ1) is 5.86. The van der Waals surface area contributed by atoms with E-state index in [0.717, 1.165) is 0 Å². The first kappa shape index (κ1) is 7.17. The van der Waals surface area contributed by atoms with Crippen LogP contribution < -0.4 is 0 Å². The van der Waals surface area contributed by atoms with Crippen LogP contribution in [0, 0.1) is 6.92 Å². The predicted molar refractivity (Wildman–Crippen MR) is 51.0 cm³/mol. The Bertz CT molecular complexity index is 360. The highest BCUT2D eigenvalue weighted by Gasteiger charge is 1.96. The SMILES string of the molecule is Cc1cc(-c2ccccc2)c[nH]1. The Labute approximate surface area is 72.1 Å². The number of hydrogen-bond acceptors (Lipinski definition) is 0. The quantitative estimate of drug-likeness (QED) is 0.655. The lowest BCUT2D eigenvalue weighted by molar-refractivity contribution is 1.27. The molecule has 0 radical (unpaired) electrons. The van der Waals surface area contributed by atoms with E-state index in [9.17, 15) is 0 Å². The van der Waals surface area contributed by atoms with Crippen molar-refractivity contribution < 1.29 is 0 Å². The molecule has 0 spiro atoms. The molecule has 0 saturated heterocycles. The molecule has 1 nitrogen and oxygen atoms in total. The summed E-state index contributed by atoms with van der Waals surface area (Å²) in [6, 6.07) is 12.5. The van der Waals surface area contributed by atoms with Gasteiger partial charge in [0.1, 0.15) is 0 Å². The van der Waals surface area contributed by atoms with Crippen LogP contribution in [0.25, 0.3) is 11.1 Å². The normalized spacial score (nSPS) is 10.1. The molecule has 0 saturated carbocycles. The number of aromatic amines is 1.